The summed E-state index contributed by atoms with van der Waals surface area (Å²) in [5.41, 5.74) is 0. The van der Waals surface area contributed by atoms with Gasteiger partial charge in [-0.05, 0) is 96.3 Å². The molecule has 0 radical (unpaired) electrons. The third kappa shape index (κ3) is 34.8. The van der Waals surface area contributed by atoms with E-state index in [2.05, 4.69) is 129 Å². The quantitative estimate of drug-likeness (QED) is 0.0262. The van der Waals surface area contributed by atoms with E-state index in [4.69, 9.17) is 9.47 Å². The zero-order valence-electron chi connectivity index (χ0n) is 41.1. The van der Waals surface area contributed by atoms with Crippen molar-refractivity contribution in [3.05, 3.63) is 122 Å². The number of carbonyl (C=O) groups is 1. The molecule has 0 aromatic carbocycles. The molecule has 9 nitrogen and oxygen atoms in total. The molecule has 0 aromatic heterocycles. The smallest absolute Gasteiger partial charge is 0.220 e. The van der Waals surface area contributed by atoms with Gasteiger partial charge in [0.05, 0.1) is 25.4 Å². The SMILES string of the molecule is CC/C=C\C/C=C\C/C=C\C/C=C\C/C=C\C/C=C\C/C=C\CCCCCCCCCCCCCC(=O)NC(COC1OC(CO)C(O)C(O)C1O)C(O)/C=C/CC/C=C/CC/C=C/CC. The van der Waals surface area contributed by atoms with Gasteiger partial charge < -0.3 is 40.3 Å². The Kier molecular flexibility index (Phi) is 41.7. The molecule has 1 saturated heterocycles. The van der Waals surface area contributed by atoms with E-state index in [9.17, 15) is 30.3 Å². The van der Waals surface area contributed by atoms with Crippen LogP contribution in [0.25, 0.3) is 0 Å². The monoisotopic (exact) mass is 920 g/mol. The summed E-state index contributed by atoms with van der Waals surface area (Å²) in [6, 6.07) is -0.836. The largest absolute Gasteiger partial charge is 0.394 e. The predicted molar refractivity (Wildman–Crippen MR) is 276 cm³/mol. The van der Waals surface area contributed by atoms with Gasteiger partial charge in [0.25, 0.3) is 0 Å². The zero-order chi connectivity index (χ0) is 48.0. The van der Waals surface area contributed by atoms with Gasteiger partial charge in [0.2, 0.25) is 5.91 Å². The van der Waals surface area contributed by atoms with E-state index in [1.54, 1.807) is 6.08 Å². The summed E-state index contributed by atoms with van der Waals surface area (Å²) in [4.78, 5) is 13.0. The van der Waals surface area contributed by atoms with E-state index >= 15 is 0 Å². The second kappa shape index (κ2) is 45.4. The molecule has 9 heteroatoms. The molecule has 0 saturated carbocycles. The maximum absolute atomic E-state index is 13.0. The van der Waals surface area contributed by atoms with E-state index in [1.807, 2.05) is 6.08 Å². The van der Waals surface area contributed by atoms with Crippen LogP contribution in [0.5, 0.6) is 0 Å². The van der Waals surface area contributed by atoms with Crippen LogP contribution in [0.1, 0.15) is 174 Å². The Hall–Kier alpha value is -3.41. The van der Waals surface area contributed by atoms with E-state index in [0.29, 0.717) is 6.42 Å². The van der Waals surface area contributed by atoms with Crippen molar-refractivity contribution in [1.29, 1.82) is 0 Å². The van der Waals surface area contributed by atoms with Gasteiger partial charge >= 0.3 is 0 Å². The molecule has 0 aliphatic carbocycles. The normalized spacial score (nSPS) is 20.9. The number of allylic oxidation sites excluding steroid dienone is 19. The predicted octanol–water partition coefficient (Wildman–Crippen LogP) is 12.0. The fraction of sp³-hybridized carbons (Fsp3) is 0.632. The average molecular weight is 920 g/mol. The third-order valence-electron chi connectivity index (χ3n) is 11.3. The van der Waals surface area contributed by atoms with Gasteiger partial charge in [0.15, 0.2) is 6.29 Å². The Morgan fingerprint density at radius 1 is 0.515 bits per heavy atom. The molecule has 0 spiro atoms. The lowest BCUT2D eigenvalue weighted by Gasteiger charge is -2.40. The third-order valence-corrected chi connectivity index (χ3v) is 11.3. The van der Waals surface area contributed by atoms with E-state index < -0.39 is 49.5 Å². The molecular weight excluding hydrogens is 827 g/mol. The van der Waals surface area contributed by atoms with E-state index in [-0.39, 0.29) is 12.5 Å². The number of carbonyl (C=O) groups excluding carboxylic acids is 1. The van der Waals surface area contributed by atoms with Gasteiger partial charge in [-0.1, -0.05) is 193 Å². The standard InChI is InChI=1S/C57H93NO8/c1-3-5-7-9-11-13-15-16-17-18-19-20-21-22-23-24-25-26-27-28-29-30-31-32-33-34-35-36-37-39-41-43-45-47-53(61)58-50(49-65-57-56(64)55(63)54(62)52(48-59)66-57)51(60)46-44-42-40-38-14-12-10-8-6-4-2/h5-8,11,13-14,16-17,19-20,22-23,25-26,28-29,38,44,46,50-52,54-57,59-60,62-64H,3-4,9-10,12,15,18,21,24,27,30-37,39-43,45,47-49H2,1-2H3,(H,58,61)/b7-5-,8-6+,13-11-,17-16-,20-19-,23-22-,26-25-,29-28-,38-14+,46-44+. The summed E-state index contributed by atoms with van der Waals surface area (Å²) in [5, 5.41) is 54.1. The van der Waals surface area contributed by atoms with Crippen molar-refractivity contribution >= 4 is 5.91 Å². The fourth-order valence-electron chi connectivity index (χ4n) is 7.23. The van der Waals surface area contributed by atoms with Gasteiger partial charge in [0, 0.05) is 6.42 Å². The van der Waals surface area contributed by atoms with Crippen molar-refractivity contribution in [2.24, 2.45) is 0 Å². The van der Waals surface area contributed by atoms with Crippen molar-refractivity contribution in [2.45, 2.75) is 217 Å². The molecule has 374 valence electrons. The first-order valence-electron chi connectivity index (χ1n) is 25.8. The van der Waals surface area contributed by atoms with Crippen molar-refractivity contribution < 1.29 is 39.8 Å². The van der Waals surface area contributed by atoms with Crippen LogP contribution < -0.4 is 5.32 Å². The Morgan fingerprint density at radius 3 is 1.39 bits per heavy atom. The molecule has 1 heterocycles. The van der Waals surface area contributed by atoms with E-state index in [0.717, 1.165) is 109 Å². The van der Waals surface area contributed by atoms with Crippen LogP contribution in [0.2, 0.25) is 0 Å². The van der Waals surface area contributed by atoms with Crippen LogP contribution in [-0.2, 0) is 14.3 Å². The van der Waals surface area contributed by atoms with Crippen LogP contribution in [0.15, 0.2) is 122 Å². The lowest BCUT2D eigenvalue weighted by molar-refractivity contribution is -0.302. The molecule has 7 atom stereocenters. The number of nitrogens with one attached hydrogen (secondary N) is 1. The molecule has 1 rings (SSSR count). The molecule has 1 aliphatic rings. The van der Waals surface area contributed by atoms with Crippen molar-refractivity contribution in [3.63, 3.8) is 0 Å². The molecule has 0 bridgehead atoms. The fourth-order valence-corrected chi connectivity index (χ4v) is 7.23. The van der Waals surface area contributed by atoms with Gasteiger partial charge in [-0.2, -0.15) is 0 Å². The van der Waals surface area contributed by atoms with Crippen LogP contribution in [-0.4, -0.2) is 87.5 Å². The molecule has 66 heavy (non-hydrogen) atoms. The number of rotatable bonds is 41. The second-order valence-electron chi connectivity index (χ2n) is 17.2. The lowest BCUT2D eigenvalue weighted by atomic mass is 9.99. The highest BCUT2D eigenvalue weighted by Crippen LogP contribution is 2.22. The maximum atomic E-state index is 13.0. The first kappa shape index (κ1) is 60.6. The average Bonchev–Trinajstić information content (AvgIpc) is 3.32. The summed E-state index contributed by atoms with van der Waals surface area (Å²) < 4.78 is 11.2. The molecule has 0 aromatic rings. The number of amides is 1. The minimum atomic E-state index is -1.58. The number of unbranched alkanes of at least 4 members (excludes halogenated alkanes) is 13. The Balaban J connectivity index is 2.18. The zero-order valence-corrected chi connectivity index (χ0v) is 41.1. The van der Waals surface area contributed by atoms with Crippen LogP contribution in [0, 0.1) is 0 Å². The van der Waals surface area contributed by atoms with Crippen molar-refractivity contribution in [2.75, 3.05) is 13.2 Å². The summed E-state index contributed by atoms with van der Waals surface area (Å²) in [6.45, 7) is 3.49. The molecule has 6 N–H and O–H groups in total. The van der Waals surface area contributed by atoms with Crippen LogP contribution in [0.3, 0.4) is 0 Å². The van der Waals surface area contributed by atoms with Gasteiger partial charge in [-0.15, -0.1) is 0 Å². The number of aliphatic hydroxyl groups excluding tert-OH is 5. The topological polar surface area (TPSA) is 149 Å². The van der Waals surface area contributed by atoms with Gasteiger partial charge in [-0.3, -0.25) is 4.79 Å². The van der Waals surface area contributed by atoms with Crippen LogP contribution >= 0.6 is 0 Å². The molecule has 1 fully saturated rings. The van der Waals surface area contributed by atoms with Crippen molar-refractivity contribution in [1.82, 2.24) is 5.32 Å². The number of aliphatic hydroxyl groups is 5. The Labute approximate surface area is 401 Å². The first-order valence-corrected chi connectivity index (χ1v) is 25.8. The summed E-state index contributed by atoms with van der Waals surface area (Å²) in [6.07, 6.45) is 61.3. The van der Waals surface area contributed by atoms with Crippen LogP contribution in [0.4, 0.5) is 0 Å². The highest BCUT2D eigenvalue weighted by Gasteiger charge is 2.44. The van der Waals surface area contributed by atoms with Gasteiger partial charge in [-0.25, -0.2) is 0 Å². The minimum Gasteiger partial charge on any atom is -0.394 e. The van der Waals surface area contributed by atoms with E-state index in [1.165, 1.54) is 44.9 Å². The van der Waals surface area contributed by atoms with Crippen molar-refractivity contribution in [3.8, 4) is 0 Å². The Morgan fingerprint density at radius 2 is 0.909 bits per heavy atom. The molecule has 7 unspecified atom stereocenters. The maximum Gasteiger partial charge on any atom is 0.220 e. The summed E-state index contributed by atoms with van der Waals surface area (Å²) in [7, 11) is 0. The number of hydrogen-bond acceptors (Lipinski definition) is 8. The molecular formula is C57H93NO8. The Bertz CT molecular complexity index is 1440. The first-order chi connectivity index (χ1) is 32.3. The lowest BCUT2D eigenvalue weighted by Crippen LogP contribution is -2.60. The summed E-state index contributed by atoms with van der Waals surface area (Å²) in [5.74, 6) is -0.203. The highest BCUT2D eigenvalue weighted by molar-refractivity contribution is 5.76. The minimum absolute atomic E-state index is 0.203. The summed E-state index contributed by atoms with van der Waals surface area (Å²) >= 11 is 0. The molecule has 1 aliphatic heterocycles. The van der Waals surface area contributed by atoms with Gasteiger partial charge in [0.1, 0.15) is 24.4 Å². The number of ether oxygens (including phenoxy) is 2. The number of hydrogen-bond donors (Lipinski definition) is 6. The second-order valence-corrected chi connectivity index (χ2v) is 17.2. The molecule has 1 amide bonds. The highest BCUT2D eigenvalue weighted by atomic mass is 16.7.